The van der Waals surface area contributed by atoms with E-state index in [0.717, 1.165) is 5.69 Å². The number of anilines is 1. The van der Waals surface area contributed by atoms with Crippen LogP contribution < -0.4 is 5.06 Å². The van der Waals surface area contributed by atoms with Gasteiger partial charge in [0, 0.05) is 0 Å². The number of hydrogen-bond acceptors (Lipinski definition) is 4. The van der Waals surface area contributed by atoms with Gasteiger partial charge in [-0.2, -0.15) is 0 Å². The van der Waals surface area contributed by atoms with Gasteiger partial charge in [0.05, 0.1) is 28.9 Å². The molecule has 2 aromatic rings. The molecule has 0 saturated heterocycles. The lowest BCUT2D eigenvalue weighted by Crippen LogP contribution is -2.49. The lowest BCUT2D eigenvalue weighted by atomic mass is 10.1. The molecule has 0 radical (unpaired) electrons. The molecule has 2 aromatic carbocycles. The number of carbonyl (C=O) groups excluding carboxylic acids is 2. The summed E-state index contributed by atoms with van der Waals surface area (Å²) in [5.74, 6) is -0.539. The number of para-hydroxylation sites is 1. The largest absolute Gasteiger partial charge is 0.269 e. The first-order chi connectivity index (χ1) is 12.7. The number of amides is 2. The molecule has 3 aliphatic heterocycles. The van der Waals surface area contributed by atoms with Crippen molar-refractivity contribution < 1.29 is 14.4 Å². The van der Waals surface area contributed by atoms with Crippen molar-refractivity contribution >= 4 is 17.5 Å². The van der Waals surface area contributed by atoms with Crippen molar-refractivity contribution in [3.05, 3.63) is 90.0 Å². The maximum absolute atomic E-state index is 12.8. The summed E-state index contributed by atoms with van der Waals surface area (Å²) in [7, 11) is 0. The third kappa shape index (κ3) is 2.14. The summed E-state index contributed by atoms with van der Waals surface area (Å²) in [6.45, 7) is 0. The normalized spacial score (nSPS) is 26.4. The third-order valence-electron chi connectivity index (χ3n) is 4.98. The Hall–Kier alpha value is -3.18. The molecule has 0 fully saturated rings. The molecular weight excluding hydrogens is 328 g/mol. The number of rotatable bonds is 2. The molecule has 3 atom stereocenters. The predicted octanol–water partition coefficient (Wildman–Crippen LogP) is 2.97. The van der Waals surface area contributed by atoms with Gasteiger partial charge in [0.2, 0.25) is 0 Å². The van der Waals surface area contributed by atoms with E-state index in [2.05, 4.69) is 0 Å². The highest BCUT2D eigenvalue weighted by molar-refractivity contribution is 6.21. The molecule has 2 unspecified atom stereocenters. The van der Waals surface area contributed by atoms with Crippen molar-refractivity contribution in [3.63, 3.8) is 0 Å². The fourth-order valence-electron chi connectivity index (χ4n) is 3.71. The van der Waals surface area contributed by atoms with Gasteiger partial charge in [-0.15, -0.1) is 0 Å². The standard InChI is InChI=1S/C21H16N2O3/c24-20-16-8-4-5-9-17(16)21(25)22(20)18-12-10-15-11-13-19(18)26-23(15)14-6-2-1-3-7-14/h1-13,15,18-19H/t15?,18-,19?/m1/s1. The SMILES string of the molecule is O=C1c2ccccc2C(=O)N1[C@@H]1C=CC2C=CC1ON2c1ccccc1. The molecule has 0 aromatic heterocycles. The van der Waals surface area contributed by atoms with E-state index in [4.69, 9.17) is 4.84 Å². The van der Waals surface area contributed by atoms with Crippen LogP contribution in [0.3, 0.4) is 0 Å². The van der Waals surface area contributed by atoms with Crippen LogP contribution in [0.4, 0.5) is 5.69 Å². The van der Waals surface area contributed by atoms with E-state index >= 15 is 0 Å². The van der Waals surface area contributed by atoms with Crippen LogP contribution in [0.25, 0.3) is 0 Å². The molecule has 0 N–H and O–H groups in total. The van der Waals surface area contributed by atoms with Crippen LogP contribution in [0.15, 0.2) is 78.9 Å². The van der Waals surface area contributed by atoms with E-state index in [0.29, 0.717) is 11.1 Å². The molecule has 128 valence electrons. The smallest absolute Gasteiger partial charge is 0.262 e. The number of benzene rings is 2. The Bertz CT molecular complexity index is 916. The number of fused-ring (bicyclic) bond motifs is 3. The van der Waals surface area contributed by atoms with Crippen molar-refractivity contribution in [2.75, 3.05) is 5.06 Å². The van der Waals surface area contributed by atoms with Crippen LogP contribution in [0.1, 0.15) is 20.7 Å². The fraction of sp³-hybridized carbons (Fsp3) is 0.143. The number of nitrogens with zero attached hydrogens (tertiary/aromatic N) is 2. The van der Waals surface area contributed by atoms with E-state index in [1.807, 2.05) is 59.7 Å². The summed E-state index contributed by atoms with van der Waals surface area (Å²) < 4.78 is 0. The minimum atomic E-state index is -0.475. The molecule has 26 heavy (non-hydrogen) atoms. The second-order valence-electron chi connectivity index (χ2n) is 6.51. The topological polar surface area (TPSA) is 49.9 Å². The van der Waals surface area contributed by atoms with Crippen LogP contribution in [0.2, 0.25) is 0 Å². The molecule has 1 aliphatic carbocycles. The Morgan fingerprint density at radius 1 is 0.731 bits per heavy atom. The van der Waals surface area contributed by atoms with Gasteiger partial charge in [-0.05, 0) is 24.3 Å². The van der Waals surface area contributed by atoms with Crippen molar-refractivity contribution in [2.24, 2.45) is 0 Å². The molecule has 2 bridgehead atoms. The maximum atomic E-state index is 12.8. The summed E-state index contributed by atoms with van der Waals surface area (Å²) in [4.78, 5) is 33.1. The Labute approximate surface area is 150 Å². The van der Waals surface area contributed by atoms with E-state index in [1.54, 1.807) is 24.3 Å². The van der Waals surface area contributed by atoms with Gasteiger partial charge >= 0.3 is 0 Å². The van der Waals surface area contributed by atoms with Crippen LogP contribution >= 0.6 is 0 Å². The Morgan fingerprint density at radius 3 is 2.04 bits per heavy atom. The summed E-state index contributed by atoms with van der Waals surface area (Å²) in [5, 5.41) is 1.82. The number of hydrogen-bond donors (Lipinski definition) is 0. The lowest BCUT2D eigenvalue weighted by molar-refractivity contribution is 0.0118. The molecule has 0 saturated carbocycles. The Kier molecular flexibility index (Phi) is 3.30. The summed E-state index contributed by atoms with van der Waals surface area (Å²) >= 11 is 0. The predicted molar refractivity (Wildman–Crippen MR) is 96.6 cm³/mol. The van der Waals surface area contributed by atoms with Gasteiger partial charge in [0.15, 0.2) is 0 Å². The van der Waals surface area contributed by atoms with Gasteiger partial charge < -0.3 is 0 Å². The van der Waals surface area contributed by atoms with Gasteiger partial charge in [-0.3, -0.25) is 19.3 Å². The first-order valence-electron chi connectivity index (χ1n) is 8.59. The Balaban J connectivity index is 1.49. The van der Waals surface area contributed by atoms with Crippen LogP contribution in [0, 0.1) is 0 Å². The first kappa shape index (κ1) is 15.1. The highest BCUT2D eigenvalue weighted by Crippen LogP contribution is 2.33. The van der Waals surface area contributed by atoms with Crippen molar-refractivity contribution in [1.82, 2.24) is 4.90 Å². The zero-order valence-electron chi connectivity index (χ0n) is 13.9. The quantitative estimate of drug-likeness (QED) is 0.621. The summed E-state index contributed by atoms with van der Waals surface area (Å²) in [6.07, 6.45) is 7.42. The molecule has 5 nitrogen and oxygen atoms in total. The van der Waals surface area contributed by atoms with Crippen LogP contribution in [-0.2, 0) is 4.84 Å². The van der Waals surface area contributed by atoms with Crippen molar-refractivity contribution in [1.29, 1.82) is 0 Å². The van der Waals surface area contributed by atoms with Crippen LogP contribution in [-0.4, -0.2) is 34.9 Å². The average Bonchev–Trinajstić information content (AvgIpc) is 2.86. The monoisotopic (exact) mass is 344 g/mol. The fourth-order valence-corrected chi connectivity index (χ4v) is 3.71. The van der Waals surface area contributed by atoms with Gasteiger partial charge in [0.25, 0.3) is 11.8 Å². The van der Waals surface area contributed by atoms with Gasteiger partial charge in [-0.1, -0.05) is 54.6 Å². The molecule has 3 heterocycles. The van der Waals surface area contributed by atoms with E-state index < -0.39 is 12.1 Å². The van der Waals surface area contributed by atoms with Gasteiger partial charge in [0.1, 0.15) is 6.10 Å². The lowest BCUT2D eigenvalue weighted by Gasteiger charge is -2.36. The first-order valence-corrected chi connectivity index (χ1v) is 8.59. The van der Waals surface area contributed by atoms with E-state index in [9.17, 15) is 9.59 Å². The highest BCUT2D eigenvalue weighted by Gasteiger charge is 2.44. The number of carbonyl (C=O) groups is 2. The second-order valence-corrected chi connectivity index (χ2v) is 6.51. The molecular formula is C21H16N2O3. The Morgan fingerprint density at radius 2 is 1.35 bits per heavy atom. The van der Waals surface area contributed by atoms with Crippen LogP contribution in [0.5, 0.6) is 0 Å². The van der Waals surface area contributed by atoms with Crippen molar-refractivity contribution in [3.8, 4) is 0 Å². The van der Waals surface area contributed by atoms with Gasteiger partial charge in [-0.25, -0.2) is 5.06 Å². The third-order valence-corrected chi connectivity index (χ3v) is 4.98. The van der Waals surface area contributed by atoms with Crippen molar-refractivity contribution in [2.45, 2.75) is 18.2 Å². The number of hydroxylamine groups is 1. The molecule has 0 spiro atoms. The molecule has 6 rings (SSSR count). The molecule has 2 amide bonds. The second kappa shape index (κ2) is 5.68. The summed E-state index contributed by atoms with van der Waals surface area (Å²) in [5.41, 5.74) is 1.83. The minimum Gasteiger partial charge on any atom is -0.269 e. The highest BCUT2D eigenvalue weighted by atomic mass is 16.7. The van der Waals surface area contributed by atoms with E-state index in [-0.39, 0.29) is 17.9 Å². The molecule has 4 aliphatic rings. The number of imide groups is 1. The zero-order chi connectivity index (χ0) is 17.7. The minimum absolute atomic E-state index is 0.0752. The van der Waals surface area contributed by atoms with E-state index in [1.165, 1.54) is 4.90 Å². The molecule has 5 heteroatoms. The average molecular weight is 344 g/mol. The maximum Gasteiger partial charge on any atom is 0.262 e. The zero-order valence-corrected chi connectivity index (χ0v) is 13.9. The summed E-state index contributed by atoms with van der Waals surface area (Å²) in [6, 6.07) is 16.2.